The third-order valence-electron chi connectivity index (χ3n) is 7.71. The van der Waals surface area contributed by atoms with Crippen LogP contribution in [0.3, 0.4) is 0 Å². The molecule has 0 saturated carbocycles. The fraction of sp³-hybridized carbons (Fsp3) is 0.706. The molecule has 0 fully saturated rings. The van der Waals surface area contributed by atoms with Crippen molar-refractivity contribution in [2.45, 2.75) is 71.4 Å². The Kier molecular flexibility index (Phi) is 20.4. The Morgan fingerprint density at radius 3 is 2.00 bits per heavy atom. The Morgan fingerprint density at radius 2 is 1.43 bits per heavy atom. The van der Waals surface area contributed by atoms with Crippen molar-refractivity contribution in [2.75, 3.05) is 91.5 Å². The molecule has 15 heteroatoms. The fourth-order valence-corrected chi connectivity index (χ4v) is 4.89. The number of ether oxygens (including phenoxy) is 5. The lowest BCUT2D eigenvalue weighted by Gasteiger charge is -2.22. The summed E-state index contributed by atoms with van der Waals surface area (Å²) in [7, 11) is 0. The molecule has 0 radical (unpaired) electrons. The molecular formula is C34H57N7O8. The molecule has 3 heterocycles. The maximum Gasteiger partial charge on any atom is 0.328 e. The van der Waals surface area contributed by atoms with Crippen LogP contribution in [-0.4, -0.2) is 125 Å². The smallest absolute Gasteiger partial charge is 0.328 e. The zero-order valence-electron chi connectivity index (χ0n) is 29.2. The van der Waals surface area contributed by atoms with E-state index < -0.39 is 0 Å². The van der Waals surface area contributed by atoms with Crippen LogP contribution in [0.1, 0.15) is 69.5 Å². The van der Waals surface area contributed by atoms with Gasteiger partial charge in [-0.05, 0) is 56.6 Å². The standard InChI is InChI=1S/C34H57N7O8/c1-2-3-18-49-33-38-31(35)30-32(39-33)41(34(44)37-30)26-28-10-11-29(36-25-28)27-40(12-19-47-23-21-45-16-8-4-6-14-42)13-20-48-24-22-46-17-9-5-7-15-43/h10-11,25,42-43H,2-9,12-24,26-27H2,1H3,(H,37,44)(H2,35,38,39). The van der Waals surface area contributed by atoms with Crippen molar-refractivity contribution < 1.29 is 33.9 Å². The quantitative estimate of drug-likeness (QED) is 0.0747. The molecule has 0 aromatic carbocycles. The Bertz CT molecular complexity index is 1310. The zero-order chi connectivity index (χ0) is 34.9. The van der Waals surface area contributed by atoms with Gasteiger partial charge in [0.05, 0.1) is 58.5 Å². The number of aromatic nitrogens is 5. The number of nitrogens with zero attached hydrogens (tertiary/aromatic N) is 5. The number of aromatic amines is 1. The van der Waals surface area contributed by atoms with Crippen LogP contribution >= 0.6 is 0 Å². The van der Waals surface area contributed by atoms with Gasteiger partial charge in [-0.15, -0.1) is 0 Å². The SMILES string of the molecule is CCCCOc1nc(N)c2[nH]c(=O)n(Cc3ccc(CN(CCOCCOCCCCCO)CCOCCOCCCCCO)nc3)c2n1. The average molecular weight is 692 g/mol. The van der Waals surface area contributed by atoms with Gasteiger partial charge in [0.1, 0.15) is 5.52 Å². The Labute approximate surface area is 289 Å². The van der Waals surface area contributed by atoms with Crippen molar-refractivity contribution in [3.8, 4) is 6.01 Å². The fourth-order valence-electron chi connectivity index (χ4n) is 4.89. The number of nitrogen functional groups attached to an aromatic ring is 1. The first-order chi connectivity index (χ1) is 24.0. The van der Waals surface area contributed by atoms with Crippen LogP contribution in [0.2, 0.25) is 0 Å². The Balaban J connectivity index is 1.51. The summed E-state index contributed by atoms with van der Waals surface area (Å²) < 4.78 is 30.1. The van der Waals surface area contributed by atoms with Crippen molar-refractivity contribution in [3.63, 3.8) is 0 Å². The molecule has 0 unspecified atom stereocenters. The molecule has 0 bridgehead atoms. The lowest BCUT2D eigenvalue weighted by Crippen LogP contribution is -2.31. The molecular weight excluding hydrogens is 634 g/mol. The normalized spacial score (nSPS) is 11.7. The number of anilines is 1. The lowest BCUT2D eigenvalue weighted by molar-refractivity contribution is 0.0212. The number of H-pyrrole nitrogens is 1. The second-order valence-corrected chi connectivity index (χ2v) is 11.8. The summed E-state index contributed by atoms with van der Waals surface area (Å²) in [5.74, 6) is 0.164. The maximum atomic E-state index is 12.8. The van der Waals surface area contributed by atoms with E-state index in [0.29, 0.717) is 90.3 Å². The second-order valence-electron chi connectivity index (χ2n) is 11.8. The van der Waals surface area contributed by atoms with E-state index in [9.17, 15) is 4.79 Å². The van der Waals surface area contributed by atoms with Gasteiger partial charge < -0.3 is 44.6 Å². The van der Waals surface area contributed by atoms with Crippen molar-refractivity contribution in [1.29, 1.82) is 0 Å². The number of hydrogen-bond acceptors (Lipinski definition) is 13. The minimum Gasteiger partial charge on any atom is -0.463 e. The molecule has 276 valence electrons. The summed E-state index contributed by atoms with van der Waals surface area (Å²) >= 11 is 0. The van der Waals surface area contributed by atoms with Crippen LogP contribution in [0.15, 0.2) is 23.1 Å². The van der Waals surface area contributed by atoms with E-state index in [0.717, 1.165) is 62.6 Å². The summed E-state index contributed by atoms with van der Waals surface area (Å²) in [6, 6.07) is 4.07. The summed E-state index contributed by atoms with van der Waals surface area (Å²) in [6.45, 7) is 9.77. The van der Waals surface area contributed by atoms with Gasteiger partial charge in [-0.1, -0.05) is 19.4 Å². The van der Waals surface area contributed by atoms with Gasteiger partial charge >= 0.3 is 11.7 Å². The van der Waals surface area contributed by atoms with Crippen LogP contribution < -0.4 is 16.2 Å². The largest absolute Gasteiger partial charge is 0.463 e. The number of unbranched alkanes of at least 4 members (excludes halogenated alkanes) is 5. The summed E-state index contributed by atoms with van der Waals surface area (Å²) in [6.07, 6.45) is 9.01. The highest BCUT2D eigenvalue weighted by atomic mass is 16.5. The van der Waals surface area contributed by atoms with Crippen molar-refractivity contribution in [2.24, 2.45) is 0 Å². The van der Waals surface area contributed by atoms with Gasteiger partial charge in [0, 0.05) is 52.3 Å². The van der Waals surface area contributed by atoms with Gasteiger partial charge in [0.25, 0.3) is 0 Å². The number of aliphatic hydroxyl groups excluding tert-OH is 2. The number of nitrogens with two attached hydrogens (primary N) is 1. The predicted octanol–water partition coefficient (Wildman–Crippen LogP) is 2.52. The van der Waals surface area contributed by atoms with E-state index in [-0.39, 0.29) is 37.3 Å². The van der Waals surface area contributed by atoms with E-state index in [2.05, 4.69) is 26.8 Å². The highest BCUT2D eigenvalue weighted by Gasteiger charge is 2.15. The molecule has 3 aromatic rings. The molecule has 3 rings (SSSR count). The van der Waals surface area contributed by atoms with Gasteiger partial charge in [0.15, 0.2) is 11.5 Å². The number of fused-ring (bicyclic) bond motifs is 1. The number of imidazole rings is 1. The molecule has 0 aliphatic rings. The van der Waals surface area contributed by atoms with Crippen LogP contribution in [-0.2, 0) is 32.0 Å². The number of pyridine rings is 1. The van der Waals surface area contributed by atoms with E-state index >= 15 is 0 Å². The minimum atomic E-state index is -0.337. The van der Waals surface area contributed by atoms with Gasteiger partial charge in [-0.25, -0.2) is 4.79 Å². The monoisotopic (exact) mass is 691 g/mol. The first-order valence-corrected chi connectivity index (χ1v) is 17.6. The molecule has 0 aliphatic carbocycles. The summed E-state index contributed by atoms with van der Waals surface area (Å²) in [5.41, 5.74) is 8.25. The maximum absolute atomic E-state index is 12.8. The van der Waals surface area contributed by atoms with Crippen molar-refractivity contribution >= 4 is 17.0 Å². The van der Waals surface area contributed by atoms with E-state index in [1.165, 1.54) is 4.57 Å². The molecule has 0 atom stereocenters. The molecule has 0 spiro atoms. The van der Waals surface area contributed by atoms with Crippen LogP contribution in [0.25, 0.3) is 11.2 Å². The van der Waals surface area contributed by atoms with Crippen molar-refractivity contribution in [1.82, 2.24) is 29.4 Å². The number of nitrogens with one attached hydrogen (secondary N) is 1. The van der Waals surface area contributed by atoms with E-state index in [1.54, 1.807) is 6.20 Å². The highest BCUT2D eigenvalue weighted by molar-refractivity contribution is 5.81. The first-order valence-electron chi connectivity index (χ1n) is 17.6. The Morgan fingerprint density at radius 1 is 0.796 bits per heavy atom. The van der Waals surface area contributed by atoms with Gasteiger partial charge in [-0.3, -0.25) is 14.5 Å². The lowest BCUT2D eigenvalue weighted by atomic mass is 10.2. The molecule has 15 nitrogen and oxygen atoms in total. The zero-order valence-corrected chi connectivity index (χ0v) is 29.2. The van der Waals surface area contributed by atoms with E-state index in [4.69, 9.17) is 44.6 Å². The molecule has 3 aromatic heterocycles. The second kappa shape index (κ2) is 24.9. The van der Waals surface area contributed by atoms with Crippen molar-refractivity contribution in [3.05, 3.63) is 40.1 Å². The van der Waals surface area contributed by atoms with Crippen LogP contribution in [0, 0.1) is 0 Å². The Hall–Kier alpha value is -3.18. The third-order valence-corrected chi connectivity index (χ3v) is 7.71. The van der Waals surface area contributed by atoms with E-state index in [1.807, 2.05) is 12.1 Å². The third kappa shape index (κ3) is 15.9. The summed E-state index contributed by atoms with van der Waals surface area (Å²) in [5, 5.41) is 17.7. The van der Waals surface area contributed by atoms with Gasteiger partial charge in [0.2, 0.25) is 0 Å². The number of aliphatic hydroxyl groups is 2. The molecule has 49 heavy (non-hydrogen) atoms. The first kappa shape index (κ1) is 40.3. The van der Waals surface area contributed by atoms with Crippen LogP contribution in [0.5, 0.6) is 6.01 Å². The minimum absolute atomic E-state index is 0.149. The molecule has 0 saturated heterocycles. The number of rotatable bonds is 30. The van der Waals surface area contributed by atoms with Gasteiger partial charge in [-0.2, -0.15) is 9.97 Å². The average Bonchev–Trinajstić information content (AvgIpc) is 3.41. The highest BCUT2D eigenvalue weighted by Crippen LogP contribution is 2.19. The topological polar surface area (TPSA) is 192 Å². The molecule has 5 N–H and O–H groups in total. The number of hydrogen-bond donors (Lipinski definition) is 4. The predicted molar refractivity (Wildman–Crippen MR) is 187 cm³/mol. The molecule has 0 aliphatic heterocycles. The molecule has 0 amide bonds. The van der Waals surface area contributed by atoms with Crippen LogP contribution in [0.4, 0.5) is 5.82 Å². The summed E-state index contributed by atoms with van der Waals surface area (Å²) in [4.78, 5) is 31.1.